The van der Waals surface area contributed by atoms with Gasteiger partial charge in [-0.3, -0.25) is 4.79 Å². The molecule has 72 valence electrons. The molecule has 2 aromatic rings. The lowest BCUT2D eigenvalue weighted by Crippen LogP contribution is -2.13. The molecule has 1 aromatic heterocycles. The van der Waals surface area contributed by atoms with E-state index in [1.807, 2.05) is 0 Å². The van der Waals surface area contributed by atoms with E-state index in [-0.39, 0.29) is 5.56 Å². The molecule has 0 aliphatic carbocycles. The van der Waals surface area contributed by atoms with Crippen LogP contribution in [0.3, 0.4) is 0 Å². The van der Waals surface area contributed by atoms with Crippen molar-refractivity contribution in [3.63, 3.8) is 0 Å². The van der Waals surface area contributed by atoms with Crippen LogP contribution < -0.4 is 10.3 Å². The predicted molar refractivity (Wildman–Crippen MR) is 50.7 cm³/mol. The van der Waals surface area contributed by atoms with Crippen molar-refractivity contribution < 1.29 is 4.74 Å². The normalized spacial score (nSPS) is 10.1. The predicted octanol–water partition coefficient (Wildman–Crippen LogP) is 0.569. The summed E-state index contributed by atoms with van der Waals surface area (Å²) >= 11 is 0. The van der Waals surface area contributed by atoms with Gasteiger partial charge < -0.3 is 4.74 Å². The number of nitrogens with zero attached hydrogens (tertiary/aromatic N) is 2. The van der Waals surface area contributed by atoms with Crippen LogP contribution in [0.5, 0.6) is 5.75 Å². The Kier molecular flexibility index (Phi) is 2.06. The maximum absolute atomic E-state index is 11.2. The molecule has 2 rings (SSSR count). The Balaban J connectivity index is 2.44. The van der Waals surface area contributed by atoms with Gasteiger partial charge in [0.05, 0.1) is 12.8 Å². The van der Waals surface area contributed by atoms with Crippen LogP contribution in [0.15, 0.2) is 35.3 Å². The Morgan fingerprint density at radius 3 is 2.57 bits per heavy atom. The average molecular weight is 191 g/mol. The first-order valence-corrected chi connectivity index (χ1v) is 4.08. The molecule has 0 fully saturated rings. The molecule has 0 bridgehead atoms. The average Bonchev–Trinajstić information content (AvgIpc) is 2.65. The van der Waals surface area contributed by atoms with Crippen LogP contribution in [-0.4, -0.2) is 22.1 Å². The summed E-state index contributed by atoms with van der Waals surface area (Å²) in [4.78, 5) is 11.2. The summed E-state index contributed by atoms with van der Waals surface area (Å²) in [7, 11) is 1.59. The van der Waals surface area contributed by atoms with Gasteiger partial charge in [-0.25, -0.2) is 9.90 Å². The number of H-pyrrole nitrogens is 1. The third-order valence-electron chi connectivity index (χ3n) is 1.88. The monoisotopic (exact) mass is 191 g/mol. The fourth-order valence-electron chi connectivity index (χ4n) is 1.17. The van der Waals surface area contributed by atoms with Crippen molar-refractivity contribution in [1.82, 2.24) is 15.0 Å². The summed E-state index contributed by atoms with van der Waals surface area (Å²) in [6.07, 6.45) is 1.23. The fourth-order valence-corrected chi connectivity index (χ4v) is 1.17. The molecule has 0 amide bonds. The number of ether oxygens (including phenoxy) is 1. The lowest BCUT2D eigenvalue weighted by atomic mass is 10.3. The van der Waals surface area contributed by atoms with Gasteiger partial charge in [-0.15, -0.1) is 0 Å². The summed E-state index contributed by atoms with van der Waals surface area (Å²) in [5.74, 6) is 0.751. The molecule has 1 aromatic carbocycles. The van der Waals surface area contributed by atoms with E-state index in [9.17, 15) is 4.79 Å². The van der Waals surface area contributed by atoms with Gasteiger partial charge >= 0.3 is 0 Å². The van der Waals surface area contributed by atoms with Crippen LogP contribution in [0, 0.1) is 0 Å². The first-order valence-electron chi connectivity index (χ1n) is 4.08. The number of benzene rings is 1. The zero-order valence-corrected chi connectivity index (χ0v) is 7.60. The molecule has 1 heterocycles. The lowest BCUT2D eigenvalue weighted by Gasteiger charge is -2.02. The SMILES string of the molecule is COc1ccc(-n2[nH]ncc2=O)cc1. The molecule has 0 unspecified atom stereocenters. The van der Waals surface area contributed by atoms with Crippen LogP contribution in [-0.2, 0) is 0 Å². The Morgan fingerprint density at radius 1 is 1.36 bits per heavy atom. The Labute approximate surface area is 79.9 Å². The molecule has 0 spiro atoms. The largest absolute Gasteiger partial charge is 0.497 e. The van der Waals surface area contributed by atoms with Crippen LogP contribution in [0.25, 0.3) is 5.69 Å². The van der Waals surface area contributed by atoms with E-state index in [1.54, 1.807) is 31.4 Å². The van der Waals surface area contributed by atoms with E-state index in [0.717, 1.165) is 11.4 Å². The lowest BCUT2D eigenvalue weighted by molar-refractivity contribution is 0.414. The van der Waals surface area contributed by atoms with Crippen molar-refractivity contribution in [2.24, 2.45) is 0 Å². The number of rotatable bonds is 2. The van der Waals surface area contributed by atoms with E-state index in [2.05, 4.69) is 10.3 Å². The highest BCUT2D eigenvalue weighted by Crippen LogP contribution is 2.12. The van der Waals surface area contributed by atoms with E-state index in [0.29, 0.717) is 0 Å². The molecule has 0 radical (unpaired) electrons. The second-order valence-corrected chi connectivity index (χ2v) is 2.73. The van der Waals surface area contributed by atoms with E-state index in [4.69, 9.17) is 4.74 Å². The van der Waals surface area contributed by atoms with E-state index >= 15 is 0 Å². The van der Waals surface area contributed by atoms with Crippen LogP contribution in [0.4, 0.5) is 0 Å². The number of hydrogen-bond donors (Lipinski definition) is 1. The van der Waals surface area contributed by atoms with Crippen molar-refractivity contribution in [3.05, 3.63) is 40.8 Å². The van der Waals surface area contributed by atoms with Crippen LogP contribution in [0.1, 0.15) is 0 Å². The minimum Gasteiger partial charge on any atom is -0.497 e. The molecular weight excluding hydrogens is 182 g/mol. The van der Waals surface area contributed by atoms with Gasteiger partial charge in [0.15, 0.2) is 0 Å². The highest BCUT2D eigenvalue weighted by atomic mass is 16.5. The maximum atomic E-state index is 11.2. The van der Waals surface area contributed by atoms with Crippen molar-refractivity contribution in [3.8, 4) is 11.4 Å². The van der Waals surface area contributed by atoms with Gasteiger partial charge in [0.25, 0.3) is 5.56 Å². The van der Waals surface area contributed by atoms with Gasteiger partial charge in [0.1, 0.15) is 11.9 Å². The van der Waals surface area contributed by atoms with Gasteiger partial charge in [0, 0.05) is 0 Å². The molecule has 0 saturated carbocycles. The number of nitrogens with one attached hydrogen (secondary N) is 1. The third kappa shape index (κ3) is 1.39. The molecule has 5 heteroatoms. The second-order valence-electron chi connectivity index (χ2n) is 2.73. The number of aromatic nitrogens is 3. The van der Waals surface area contributed by atoms with Crippen molar-refractivity contribution in [2.75, 3.05) is 7.11 Å². The van der Waals surface area contributed by atoms with Crippen LogP contribution >= 0.6 is 0 Å². The smallest absolute Gasteiger partial charge is 0.291 e. The Morgan fingerprint density at radius 2 is 2.07 bits per heavy atom. The second kappa shape index (κ2) is 3.37. The van der Waals surface area contributed by atoms with E-state index < -0.39 is 0 Å². The molecule has 0 saturated heterocycles. The van der Waals surface area contributed by atoms with Crippen LogP contribution in [0.2, 0.25) is 0 Å². The maximum Gasteiger partial charge on any atom is 0.291 e. The highest BCUT2D eigenvalue weighted by molar-refractivity contribution is 5.36. The molecule has 14 heavy (non-hydrogen) atoms. The molecule has 0 atom stereocenters. The standard InChI is InChI=1S/C9H9N3O2/c1-14-8-4-2-7(3-5-8)12-9(13)6-10-11-12/h2-6,11H,1H3. The minimum atomic E-state index is -0.185. The van der Waals surface area contributed by atoms with Gasteiger partial charge in [-0.1, -0.05) is 0 Å². The zero-order chi connectivity index (χ0) is 9.97. The number of aromatic amines is 1. The van der Waals surface area contributed by atoms with Crippen molar-refractivity contribution >= 4 is 0 Å². The summed E-state index contributed by atoms with van der Waals surface area (Å²) < 4.78 is 6.35. The molecule has 0 aliphatic rings. The fraction of sp³-hybridized carbons (Fsp3) is 0.111. The summed E-state index contributed by atoms with van der Waals surface area (Å²) in [6.45, 7) is 0. The van der Waals surface area contributed by atoms with Gasteiger partial charge in [-0.05, 0) is 24.3 Å². The summed E-state index contributed by atoms with van der Waals surface area (Å²) in [5, 5.41) is 6.21. The Bertz CT molecular complexity index is 469. The number of methoxy groups -OCH3 is 1. The first-order chi connectivity index (χ1) is 6.81. The Hall–Kier alpha value is -2.04. The molecular formula is C9H9N3O2. The number of hydrogen-bond acceptors (Lipinski definition) is 3. The molecule has 5 nitrogen and oxygen atoms in total. The highest BCUT2D eigenvalue weighted by Gasteiger charge is 2.00. The molecule has 1 N–H and O–H groups in total. The van der Waals surface area contributed by atoms with Crippen molar-refractivity contribution in [2.45, 2.75) is 0 Å². The molecule has 0 aliphatic heterocycles. The topological polar surface area (TPSA) is 59.9 Å². The minimum absolute atomic E-state index is 0.185. The van der Waals surface area contributed by atoms with Gasteiger partial charge in [0.2, 0.25) is 0 Å². The summed E-state index contributed by atoms with van der Waals surface area (Å²) in [5.41, 5.74) is 0.545. The van der Waals surface area contributed by atoms with Gasteiger partial charge in [-0.2, -0.15) is 5.10 Å². The zero-order valence-electron chi connectivity index (χ0n) is 7.60. The summed E-state index contributed by atoms with van der Waals surface area (Å²) in [6, 6.07) is 7.11. The van der Waals surface area contributed by atoms with Crippen molar-refractivity contribution in [1.29, 1.82) is 0 Å². The first kappa shape index (κ1) is 8.55. The van der Waals surface area contributed by atoms with E-state index in [1.165, 1.54) is 10.9 Å². The third-order valence-corrected chi connectivity index (χ3v) is 1.88. The quantitative estimate of drug-likeness (QED) is 0.754.